The summed E-state index contributed by atoms with van der Waals surface area (Å²) in [6.45, 7) is 0. The zero-order valence-corrected chi connectivity index (χ0v) is 12.1. The van der Waals surface area contributed by atoms with Crippen LogP contribution in [-0.2, 0) is 0 Å². The SMILES string of the molecule is Nc1cccc(-c2c(O)c3c(c(-c4cccc(N)c4)c2O)O3)c1. The lowest BCUT2D eigenvalue weighted by molar-refractivity contribution is 0.453. The van der Waals surface area contributed by atoms with E-state index in [4.69, 9.17) is 16.2 Å². The molecular formula is C18H14N2O3. The van der Waals surface area contributed by atoms with Crippen LogP contribution < -0.4 is 16.2 Å². The Morgan fingerprint density at radius 2 is 1.26 bits per heavy atom. The highest BCUT2D eigenvalue weighted by molar-refractivity contribution is 5.97. The molecule has 0 amide bonds. The molecule has 3 aromatic carbocycles. The van der Waals surface area contributed by atoms with Crippen LogP contribution >= 0.6 is 0 Å². The van der Waals surface area contributed by atoms with Crippen LogP contribution in [0.4, 0.5) is 11.4 Å². The number of aromatic hydroxyl groups is 2. The van der Waals surface area contributed by atoms with E-state index in [0.29, 0.717) is 39.6 Å². The van der Waals surface area contributed by atoms with Gasteiger partial charge in [0.1, 0.15) is 5.75 Å². The first-order valence-electron chi connectivity index (χ1n) is 7.08. The summed E-state index contributed by atoms with van der Waals surface area (Å²) in [6.07, 6.45) is 0. The molecule has 1 aliphatic rings. The number of phenolic OH excluding ortho intramolecular Hbond substituents is 2. The van der Waals surface area contributed by atoms with E-state index in [0.717, 1.165) is 5.56 Å². The summed E-state index contributed by atoms with van der Waals surface area (Å²) in [5, 5.41) is 21.1. The maximum absolute atomic E-state index is 10.8. The van der Waals surface area contributed by atoms with Gasteiger partial charge in [-0.2, -0.15) is 0 Å². The molecule has 5 nitrogen and oxygen atoms in total. The van der Waals surface area contributed by atoms with Gasteiger partial charge in [0, 0.05) is 11.4 Å². The Balaban J connectivity index is 2.00. The molecule has 0 fully saturated rings. The molecule has 23 heavy (non-hydrogen) atoms. The molecule has 0 atom stereocenters. The van der Waals surface area contributed by atoms with E-state index in [9.17, 15) is 10.2 Å². The van der Waals surface area contributed by atoms with E-state index in [1.807, 2.05) is 6.07 Å². The number of ether oxygens (including phenoxy) is 1. The van der Waals surface area contributed by atoms with E-state index in [1.54, 1.807) is 42.5 Å². The van der Waals surface area contributed by atoms with Crippen molar-refractivity contribution in [3.8, 4) is 45.3 Å². The molecule has 0 aliphatic carbocycles. The van der Waals surface area contributed by atoms with E-state index in [2.05, 4.69) is 0 Å². The van der Waals surface area contributed by atoms with Crippen LogP contribution in [0.3, 0.4) is 0 Å². The predicted octanol–water partition coefficient (Wildman–Crippen LogP) is 3.70. The van der Waals surface area contributed by atoms with Gasteiger partial charge in [0.25, 0.3) is 0 Å². The van der Waals surface area contributed by atoms with Gasteiger partial charge in [0.2, 0.25) is 5.75 Å². The molecule has 3 aromatic rings. The number of fused-ring (bicyclic) bond motifs is 1. The molecule has 0 aromatic heterocycles. The number of hydrogen-bond acceptors (Lipinski definition) is 5. The fourth-order valence-electron chi connectivity index (χ4n) is 2.78. The third kappa shape index (κ3) is 2.02. The molecule has 0 spiro atoms. The van der Waals surface area contributed by atoms with Crippen molar-refractivity contribution in [2.75, 3.05) is 11.5 Å². The highest BCUT2D eigenvalue weighted by atomic mass is 16.6. The summed E-state index contributed by atoms with van der Waals surface area (Å²) in [7, 11) is 0. The third-order valence-corrected chi connectivity index (χ3v) is 3.87. The Hall–Kier alpha value is -3.34. The maximum atomic E-state index is 10.8. The molecule has 114 valence electrons. The Morgan fingerprint density at radius 1 is 0.696 bits per heavy atom. The molecule has 0 saturated carbocycles. The Labute approximate surface area is 132 Å². The monoisotopic (exact) mass is 306 g/mol. The second-order valence-corrected chi connectivity index (χ2v) is 5.46. The lowest BCUT2D eigenvalue weighted by atomic mass is 9.96. The van der Waals surface area contributed by atoms with Gasteiger partial charge >= 0.3 is 0 Å². The Bertz CT molecular complexity index is 951. The van der Waals surface area contributed by atoms with E-state index in [1.165, 1.54) is 0 Å². The van der Waals surface area contributed by atoms with Crippen molar-refractivity contribution >= 4 is 11.4 Å². The first-order valence-corrected chi connectivity index (χ1v) is 7.08. The van der Waals surface area contributed by atoms with Crippen LogP contribution in [0, 0.1) is 0 Å². The molecule has 4 rings (SSSR count). The van der Waals surface area contributed by atoms with Gasteiger partial charge in [-0.1, -0.05) is 24.3 Å². The minimum Gasteiger partial charge on any atom is -0.506 e. The zero-order chi connectivity index (χ0) is 16.1. The molecule has 0 bridgehead atoms. The number of nitrogen functional groups attached to an aromatic ring is 2. The van der Waals surface area contributed by atoms with Crippen molar-refractivity contribution in [2.24, 2.45) is 0 Å². The van der Waals surface area contributed by atoms with Crippen molar-refractivity contribution in [2.45, 2.75) is 0 Å². The molecule has 6 N–H and O–H groups in total. The van der Waals surface area contributed by atoms with Crippen molar-refractivity contribution in [3.63, 3.8) is 0 Å². The van der Waals surface area contributed by atoms with Crippen molar-refractivity contribution in [3.05, 3.63) is 48.5 Å². The largest absolute Gasteiger partial charge is 0.506 e. The Morgan fingerprint density at radius 3 is 1.83 bits per heavy atom. The van der Waals surface area contributed by atoms with E-state index < -0.39 is 0 Å². The van der Waals surface area contributed by atoms with Gasteiger partial charge in [0.05, 0.1) is 11.1 Å². The molecule has 1 aliphatic heterocycles. The summed E-state index contributed by atoms with van der Waals surface area (Å²) < 4.78 is 5.38. The number of anilines is 2. The average molecular weight is 306 g/mol. The van der Waals surface area contributed by atoms with Gasteiger partial charge in [-0.25, -0.2) is 0 Å². The van der Waals surface area contributed by atoms with Crippen LogP contribution in [0.5, 0.6) is 23.0 Å². The summed E-state index contributed by atoms with van der Waals surface area (Å²) in [4.78, 5) is 0. The number of phenols is 2. The predicted molar refractivity (Wildman–Crippen MR) is 89.5 cm³/mol. The number of rotatable bonds is 2. The lowest BCUT2D eigenvalue weighted by Gasteiger charge is -2.10. The van der Waals surface area contributed by atoms with Crippen LogP contribution in [0.1, 0.15) is 0 Å². The smallest absolute Gasteiger partial charge is 0.213 e. The van der Waals surface area contributed by atoms with E-state index >= 15 is 0 Å². The van der Waals surface area contributed by atoms with Crippen molar-refractivity contribution in [1.82, 2.24) is 0 Å². The van der Waals surface area contributed by atoms with Gasteiger partial charge in [0.15, 0.2) is 11.5 Å². The van der Waals surface area contributed by atoms with Gasteiger partial charge < -0.3 is 26.4 Å². The number of benzene rings is 3. The summed E-state index contributed by atoms with van der Waals surface area (Å²) >= 11 is 0. The van der Waals surface area contributed by atoms with Gasteiger partial charge in [-0.15, -0.1) is 0 Å². The summed E-state index contributed by atoms with van der Waals surface area (Å²) in [5.41, 5.74) is 14.9. The number of hydrogen-bond donors (Lipinski definition) is 4. The standard InChI is InChI=1S/C18H14N2O3/c19-11-5-1-3-9(7-11)13-15(21)14(17-18(23-17)16(13)22)10-4-2-6-12(20)8-10/h1-8,21-22H,19-20H2. The average Bonchev–Trinajstić information content (AvgIpc) is 3.28. The van der Waals surface area contributed by atoms with Gasteiger partial charge in [-0.05, 0) is 35.4 Å². The Kier molecular flexibility index (Phi) is 2.65. The summed E-state index contributed by atoms with van der Waals surface area (Å²) in [5.74, 6) is 0.696. The zero-order valence-electron chi connectivity index (χ0n) is 12.1. The topological polar surface area (TPSA) is 105 Å². The van der Waals surface area contributed by atoms with Crippen LogP contribution in [0.15, 0.2) is 48.5 Å². The van der Waals surface area contributed by atoms with Crippen molar-refractivity contribution in [1.29, 1.82) is 0 Å². The minimum atomic E-state index is -0.0873. The molecule has 0 radical (unpaired) electrons. The fraction of sp³-hybridized carbons (Fsp3) is 0. The highest BCUT2D eigenvalue weighted by Crippen LogP contribution is 2.65. The first-order chi connectivity index (χ1) is 11.1. The maximum Gasteiger partial charge on any atom is 0.213 e. The molecule has 1 heterocycles. The molecular weight excluding hydrogens is 292 g/mol. The quantitative estimate of drug-likeness (QED) is 0.334. The van der Waals surface area contributed by atoms with E-state index in [-0.39, 0.29) is 11.5 Å². The second kappa shape index (κ2) is 4.58. The molecule has 0 saturated heterocycles. The highest BCUT2D eigenvalue weighted by Gasteiger charge is 2.36. The minimum absolute atomic E-state index is 0.0602. The number of nitrogens with two attached hydrogens (primary N) is 2. The van der Waals surface area contributed by atoms with Gasteiger partial charge in [-0.3, -0.25) is 0 Å². The lowest BCUT2D eigenvalue weighted by Crippen LogP contribution is -1.88. The normalized spacial score (nSPS) is 11.7. The van der Waals surface area contributed by atoms with Crippen LogP contribution in [-0.4, -0.2) is 10.2 Å². The molecule has 5 heteroatoms. The fourth-order valence-corrected chi connectivity index (χ4v) is 2.78. The third-order valence-electron chi connectivity index (χ3n) is 3.87. The van der Waals surface area contributed by atoms with Crippen LogP contribution in [0.2, 0.25) is 0 Å². The second-order valence-electron chi connectivity index (χ2n) is 5.46. The molecule has 0 unspecified atom stereocenters. The van der Waals surface area contributed by atoms with Crippen molar-refractivity contribution < 1.29 is 14.9 Å². The van der Waals surface area contributed by atoms with Crippen LogP contribution in [0.25, 0.3) is 22.3 Å². The first kappa shape index (κ1) is 13.3. The summed E-state index contributed by atoms with van der Waals surface area (Å²) in [6, 6.07) is 14.1.